The highest BCUT2D eigenvalue weighted by molar-refractivity contribution is 5.56. The van der Waals surface area contributed by atoms with Crippen LogP contribution in [0.15, 0.2) is 18.2 Å². The van der Waals surface area contributed by atoms with Crippen molar-refractivity contribution < 1.29 is 0 Å². The average molecular weight is 192 g/mol. The molecule has 0 aromatic heterocycles. The monoisotopic (exact) mass is 192 g/mol. The summed E-state index contributed by atoms with van der Waals surface area (Å²) >= 11 is 0. The molecule has 14 heavy (non-hydrogen) atoms. The Morgan fingerprint density at radius 2 is 1.86 bits per heavy atom. The minimum absolute atomic E-state index is 0.244. The summed E-state index contributed by atoms with van der Waals surface area (Å²) in [5.74, 6) is 0. The minimum Gasteiger partial charge on any atom is -0.383 e. The van der Waals surface area contributed by atoms with Gasteiger partial charge >= 0.3 is 0 Å². The molecule has 3 N–H and O–H groups in total. The number of aryl methyl sites for hydroxylation is 2. The van der Waals surface area contributed by atoms with Crippen LogP contribution < -0.4 is 11.1 Å². The van der Waals surface area contributed by atoms with Crippen molar-refractivity contribution in [3.63, 3.8) is 0 Å². The molecule has 0 aliphatic heterocycles. The first-order valence-electron chi connectivity index (χ1n) is 5.20. The van der Waals surface area contributed by atoms with Crippen molar-refractivity contribution in [2.24, 2.45) is 5.73 Å². The second kappa shape index (κ2) is 5.01. The molecule has 2 nitrogen and oxygen atoms in total. The fourth-order valence-corrected chi connectivity index (χ4v) is 1.47. The van der Waals surface area contributed by atoms with Crippen molar-refractivity contribution in [2.75, 3.05) is 11.9 Å². The summed E-state index contributed by atoms with van der Waals surface area (Å²) in [7, 11) is 0. The molecule has 0 saturated heterocycles. The van der Waals surface area contributed by atoms with Crippen LogP contribution in [0, 0.1) is 13.8 Å². The molecule has 78 valence electrons. The average Bonchev–Trinajstić information content (AvgIpc) is 2.16. The largest absolute Gasteiger partial charge is 0.383 e. The molecule has 0 bridgehead atoms. The molecule has 0 aliphatic rings. The van der Waals surface area contributed by atoms with Crippen molar-refractivity contribution in [3.8, 4) is 0 Å². The van der Waals surface area contributed by atoms with Crippen molar-refractivity contribution in [1.29, 1.82) is 0 Å². The maximum absolute atomic E-state index is 5.86. The first-order chi connectivity index (χ1) is 6.65. The first-order valence-corrected chi connectivity index (χ1v) is 5.20. The van der Waals surface area contributed by atoms with Crippen molar-refractivity contribution >= 4 is 5.69 Å². The van der Waals surface area contributed by atoms with Gasteiger partial charge in [0.1, 0.15) is 0 Å². The minimum atomic E-state index is 0.244. The van der Waals surface area contributed by atoms with E-state index < -0.39 is 0 Å². The van der Waals surface area contributed by atoms with Gasteiger partial charge in [0.2, 0.25) is 0 Å². The summed E-state index contributed by atoms with van der Waals surface area (Å²) < 4.78 is 0. The van der Waals surface area contributed by atoms with Crippen LogP contribution in [0.2, 0.25) is 0 Å². The van der Waals surface area contributed by atoms with Crippen LogP contribution in [0.5, 0.6) is 0 Å². The van der Waals surface area contributed by atoms with Gasteiger partial charge in [0, 0.05) is 18.3 Å². The fourth-order valence-electron chi connectivity index (χ4n) is 1.47. The number of anilines is 1. The van der Waals surface area contributed by atoms with Crippen LogP contribution in [0.3, 0.4) is 0 Å². The Bertz CT molecular complexity index is 274. The van der Waals surface area contributed by atoms with E-state index >= 15 is 0 Å². The van der Waals surface area contributed by atoms with Gasteiger partial charge in [-0.05, 0) is 31.4 Å². The van der Waals surface area contributed by atoms with Crippen LogP contribution in [-0.4, -0.2) is 12.6 Å². The van der Waals surface area contributed by atoms with Gasteiger partial charge in [-0.2, -0.15) is 0 Å². The highest BCUT2D eigenvalue weighted by Gasteiger charge is 2.03. The molecule has 1 rings (SSSR count). The van der Waals surface area contributed by atoms with E-state index in [1.807, 2.05) is 0 Å². The van der Waals surface area contributed by atoms with Gasteiger partial charge in [0.05, 0.1) is 0 Å². The van der Waals surface area contributed by atoms with Crippen molar-refractivity contribution in [1.82, 2.24) is 0 Å². The zero-order valence-electron chi connectivity index (χ0n) is 9.30. The summed E-state index contributed by atoms with van der Waals surface area (Å²) in [6.45, 7) is 7.19. The lowest BCUT2D eigenvalue weighted by Crippen LogP contribution is -2.28. The molecule has 0 saturated carbocycles. The van der Waals surface area contributed by atoms with E-state index in [0.29, 0.717) is 0 Å². The zero-order valence-corrected chi connectivity index (χ0v) is 9.30. The van der Waals surface area contributed by atoms with Crippen LogP contribution in [0.1, 0.15) is 24.5 Å². The van der Waals surface area contributed by atoms with Crippen LogP contribution >= 0.6 is 0 Å². The smallest absolute Gasteiger partial charge is 0.0400 e. The lowest BCUT2D eigenvalue weighted by atomic mass is 10.1. The van der Waals surface area contributed by atoms with Crippen LogP contribution in [0.25, 0.3) is 0 Å². The molecule has 0 amide bonds. The SMILES string of the molecule is CCC(N)CNc1c(C)cccc1C. The molecule has 1 aromatic carbocycles. The standard InChI is InChI=1S/C12H20N2/c1-4-11(13)8-14-12-9(2)6-5-7-10(12)3/h5-7,11,14H,4,8,13H2,1-3H3. The Balaban J connectivity index is 2.66. The molecule has 0 heterocycles. The van der Waals surface area contributed by atoms with E-state index in [1.165, 1.54) is 16.8 Å². The number of hydrogen-bond acceptors (Lipinski definition) is 2. The molecule has 2 heteroatoms. The molecule has 0 fully saturated rings. The molecule has 1 atom stereocenters. The third-order valence-electron chi connectivity index (χ3n) is 2.55. The van der Waals surface area contributed by atoms with Gasteiger partial charge < -0.3 is 11.1 Å². The van der Waals surface area contributed by atoms with E-state index in [0.717, 1.165) is 13.0 Å². The second-order valence-electron chi connectivity index (χ2n) is 3.82. The Morgan fingerprint density at radius 1 is 1.29 bits per heavy atom. The summed E-state index contributed by atoms with van der Waals surface area (Å²) in [4.78, 5) is 0. The molecular weight excluding hydrogens is 172 g/mol. The maximum atomic E-state index is 5.86. The summed E-state index contributed by atoms with van der Waals surface area (Å²) in [5.41, 5.74) is 9.66. The first kappa shape index (κ1) is 11.1. The third kappa shape index (κ3) is 2.74. The normalized spacial score (nSPS) is 12.6. The molecule has 0 aliphatic carbocycles. The molecule has 1 unspecified atom stereocenters. The molecule has 0 spiro atoms. The Hall–Kier alpha value is -1.02. The van der Waals surface area contributed by atoms with Crippen LogP contribution in [-0.2, 0) is 0 Å². The molecule has 1 aromatic rings. The lowest BCUT2D eigenvalue weighted by molar-refractivity contribution is 0.679. The predicted octanol–water partition coefficient (Wildman–Crippen LogP) is 2.45. The lowest BCUT2D eigenvalue weighted by Gasteiger charge is -2.15. The number of para-hydroxylation sites is 1. The summed E-state index contributed by atoms with van der Waals surface area (Å²) in [6, 6.07) is 6.56. The number of nitrogens with one attached hydrogen (secondary N) is 1. The fraction of sp³-hybridized carbons (Fsp3) is 0.500. The Labute approximate surface area is 86.5 Å². The van der Waals surface area contributed by atoms with Gasteiger partial charge in [0.25, 0.3) is 0 Å². The van der Waals surface area contributed by atoms with E-state index in [2.05, 4.69) is 44.3 Å². The highest BCUT2D eigenvalue weighted by atomic mass is 14.9. The van der Waals surface area contributed by atoms with Gasteiger partial charge in [-0.25, -0.2) is 0 Å². The van der Waals surface area contributed by atoms with E-state index in [-0.39, 0.29) is 6.04 Å². The predicted molar refractivity (Wildman–Crippen MR) is 62.7 cm³/mol. The quantitative estimate of drug-likeness (QED) is 0.769. The maximum Gasteiger partial charge on any atom is 0.0400 e. The Kier molecular flexibility index (Phi) is 3.96. The molecule has 0 radical (unpaired) electrons. The highest BCUT2D eigenvalue weighted by Crippen LogP contribution is 2.19. The van der Waals surface area contributed by atoms with Gasteiger partial charge in [-0.1, -0.05) is 25.1 Å². The van der Waals surface area contributed by atoms with Crippen molar-refractivity contribution in [3.05, 3.63) is 29.3 Å². The number of nitrogens with two attached hydrogens (primary N) is 1. The van der Waals surface area contributed by atoms with Gasteiger partial charge in [-0.15, -0.1) is 0 Å². The second-order valence-corrected chi connectivity index (χ2v) is 3.82. The van der Waals surface area contributed by atoms with Gasteiger partial charge in [-0.3, -0.25) is 0 Å². The number of hydrogen-bond donors (Lipinski definition) is 2. The number of benzene rings is 1. The Morgan fingerprint density at radius 3 is 2.36 bits per heavy atom. The summed E-state index contributed by atoms with van der Waals surface area (Å²) in [6.07, 6.45) is 1.01. The number of rotatable bonds is 4. The third-order valence-corrected chi connectivity index (χ3v) is 2.55. The van der Waals surface area contributed by atoms with Crippen molar-refractivity contribution in [2.45, 2.75) is 33.2 Å². The summed E-state index contributed by atoms with van der Waals surface area (Å²) in [5, 5.41) is 3.41. The molecular formula is C12H20N2. The van der Waals surface area contributed by atoms with Gasteiger partial charge in [0.15, 0.2) is 0 Å². The topological polar surface area (TPSA) is 38.0 Å². The van der Waals surface area contributed by atoms with E-state index in [1.54, 1.807) is 0 Å². The zero-order chi connectivity index (χ0) is 10.6. The van der Waals surface area contributed by atoms with E-state index in [9.17, 15) is 0 Å². The van der Waals surface area contributed by atoms with Crippen LogP contribution in [0.4, 0.5) is 5.69 Å². The van der Waals surface area contributed by atoms with E-state index in [4.69, 9.17) is 5.73 Å².